The van der Waals surface area contributed by atoms with Crippen LogP contribution in [0.1, 0.15) is 0 Å². The summed E-state index contributed by atoms with van der Waals surface area (Å²) in [5.41, 5.74) is 17.6. The van der Waals surface area contributed by atoms with Crippen LogP contribution in [-0.2, 0) is 0 Å². The summed E-state index contributed by atoms with van der Waals surface area (Å²) in [4.78, 5) is 2.42. The molecule has 0 aliphatic carbocycles. The van der Waals surface area contributed by atoms with Crippen LogP contribution in [0.2, 0.25) is 0 Å². The number of hydrogen-bond donors (Lipinski definition) is 0. The van der Waals surface area contributed by atoms with Gasteiger partial charge in [-0.05, 0) is 119 Å². The highest BCUT2D eigenvalue weighted by Gasteiger charge is 2.21. The zero-order chi connectivity index (χ0) is 42.0. The van der Waals surface area contributed by atoms with Gasteiger partial charge in [-0.3, -0.25) is 0 Å². The van der Waals surface area contributed by atoms with Crippen molar-refractivity contribution in [1.29, 1.82) is 0 Å². The van der Waals surface area contributed by atoms with E-state index in [2.05, 4.69) is 266 Å². The van der Waals surface area contributed by atoms with E-state index in [1.807, 2.05) is 0 Å². The van der Waals surface area contributed by atoms with Crippen LogP contribution in [0, 0.1) is 0 Å². The summed E-state index contributed by atoms with van der Waals surface area (Å²) in [6, 6.07) is 94.6. The normalized spacial score (nSPS) is 11.2. The van der Waals surface area contributed by atoms with Gasteiger partial charge < -0.3 is 4.90 Å². The molecule has 0 radical (unpaired) electrons. The van der Waals surface area contributed by atoms with E-state index < -0.39 is 0 Å². The topological polar surface area (TPSA) is 3.24 Å². The quantitative estimate of drug-likeness (QED) is 0.131. The number of fused-ring (bicyclic) bond motifs is 3. The van der Waals surface area contributed by atoms with Gasteiger partial charge in [0.05, 0.1) is 5.69 Å². The molecule has 1 heteroatoms. The molecule has 63 heavy (non-hydrogen) atoms. The number of anilines is 3. The van der Waals surface area contributed by atoms with Gasteiger partial charge in [0.25, 0.3) is 0 Å². The van der Waals surface area contributed by atoms with Crippen molar-refractivity contribution < 1.29 is 0 Å². The third kappa shape index (κ3) is 7.26. The van der Waals surface area contributed by atoms with Gasteiger partial charge in [0.2, 0.25) is 0 Å². The third-order valence-electron chi connectivity index (χ3n) is 12.3. The zero-order valence-corrected chi connectivity index (χ0v) is 34.8. The van der Waals surface area contributed by atoms with E-state index in [4.69, 9.17) is 0 Å². The second-order valence-electron chi connectivity index (χ2n) is 16.0. The largest absolute Gasteiger partial charge is 0.310 e. The number of hydrogen-bond acceptors (Lipinski definition) is 1. The SMILES string of the molecule is c1ccc(-c2ccc(-c3ccc(N(c4cccc(-c5ccccc5)c4)c4ccccc4-c4ccc5c(c4)c(-c4ccccc4)c(-c4ccccc4)c4ccccc45)cc3)cc2)cc1. The average molecular weight is 802 g/mol. The molecule has 0 atom stereocenters. The number of benzene rings is 11. The molecule has 0 spiro atoms. The Balaban J connectivity index is 1.09. The lowest BCUT2D eigenvalue weighted by atomic mass is 9.84. The first-order valence-electron chi connectivity index (χ1n) is 21.7. The van der Waals surface area contributed by atoms with Gasteiger partial charge in [-0.25, -0.2) is 0 Å². The van der Waals surface area contributed by atoms with Crippen molar-refractivity contribution in [2.75, 3.05) is 4.90 Å². The standard InChI is InChI=1S/C62H43N/c1-5-18-44(19-6-1)46-32-34-47(35-33-46)48-36-39-53(40-37-48)63(54-27-17-26-51(42-54)45-20-7-2-8-21-45)60-31-16-15-28-55(60)52-38-41-57-56-29-13-14-30-58(56)61(49-22-9-3-10-23-49)62(59(57)43-52)50-24-11-4-12-25-50/h1-43H. The highest BCUT2D eigenvalue weighted by atomic mass is 15.1. The van der Waals surface area contributed by atoms with Crippen LogP contribution in [0.25, 0.3) is 88.3 Å². The molecular weight excluding hydrogens is 759 g/mol. The molecule has 0 N–H and O–H groups in total. The molecule has 0 heterocycles. The summed E-state index contributed by atoms with van der Waals surface area (Å²) in [6.45, 7) is 0. The van der Waals surface area contributed by atoms with Crippen molar-refractivity contribution in [1.82, 2.24) is 0 Å². The average Bonchev–Trinajstić information content (AvgIpc) is 3.37. The van der Waals surface area contributed by atoms with Crippen LogP contribution in [0.3, 0.4) is 0 Å². The maximum absolute atomic E-state index is 2.43. The Morgan fingerprint density at radius 2 is 0.619 bits per heavy atom. The van der Waals surface area contributed by atoms with E-state index in [0.29, 0.717) is 0 Å². The minimum atomic E-state index is 1.08. The Labute approximate surface area is 369 Å². The Morgan fingerprint density at radius 3 is 1.22 bits per heavy atom. The summed E-state index contributed by atoms with van der Waals surface area (Å²) in [5, 5.41) is 4.97. The highest BCUT2D eigenvalue weighted by molar-refractivity contribution is 6.22. The molecule has 0 unspecified atom stereocenters. The zero-order valence-electron chi connectivity index (χ0n) is 34.8. The fourth-order valence-electron chi connectivity index (χ4n) is 9.25. The van der Waals surface area contributed by atoms with Crippen LogP contribution in [0.5, 0.6) is 0 Å². The first-order chi connectivity index (χ1) is 31.3. The fourth-order valence-corrected chi connectivity index (χ4v) is 9.25. The van der Waals surface area contributed by atoms with Crippen LogP contribution >= 0.6 is 0 Å². The number of para-hydroxylation sites is 1. The van der Waals surface area contributed by atoms with E-state index in [0.717, 1.165) is 28.2 Å². The summed E-state index contributed by atoms with van der Waals surface area (Å²) >= 11 is 0. The van der Waals surface area contributed by atoms with Gasteiger partial charge in [-0.15, -0.1) is 0 Å². The van der Waals surface area contributed by atoms with E-state index in [1.54, 1.807) is 0 Å². The molecule has 11 aromatic carbocycles. The lowest BCUT2D eigenvalue weighted by Crippen LogP contribution is -2.11. The van der Waals surface area contributed by atoms with Crippen molar-refractivity contribution in [3.8, 4) is 66.8 Å². The lowest BCUT2D eigenvalue weighted by Gasteiger charge is -2.29. The van der Waals surface area contributed by atoms with E-state index in [-0.39, 0.29) is 0 Å². The number of rotatable bonds is 9. The predicted octanol–water partition coefficient (Wildman–Crippen LogP) is 17.5. The fraction of sp³-hybridized carbons (Fsp3) is 0. The highest BCUT2D eigenvalue weighted by Crippen LogP contribution is 2.47. The molecule has 11 rings (SSSR count). The van der Waals surface area contributed by atoms with Gasteiger partial charge in [0.1, 0.15) is 0 Å². The minimum Gasteiger partial charge on any atom is -0.310 e. The Bertz CT molecular complexity index is 3340. The molecule has 0 fully saturated rings. The summed E-state index contributed by atoms with van der Waals surface area (Å²) in [7, 11) is 0. The van der Waals surface area contributed by atoms with Crippen molar-refractivity contribution in [3.63, 3.8) is 0 Å². The smallest absolute Gasteiger partial charge is 0.0540 e. The van der Waals surface area contributed by atoms with Crippen LogP contribution in [-0.4, -0.2) is 0 Å². The van der Waals surface area contributed by atoms with Crippen LogP contribution in [0.4, 0.5) is 17.1 Å². The second kappa shape index (κ2) is 16.7. The van der Waals surface area contributed by atoms with E-state index in [9.17, 15) is 0 Å². The predicted molar refractivity (Wildman–Crippen MR) is 269 cm³/mol. The molecule has 296 valence electrons. The van der Waals surface area contributed by atoms with Gasteiger partial charge in [0.15, 0.2) is 0 Å². The summed E-state index contributed by atoms with van der Waals surface area (Å²) in [6.07, 6.45) is 0. The maximum atomic E-state index is 2.43. The van der Waals surface area contributed by atoms with Crippen molar-refractivity contribution >= 4 is 38.6 Å². The van der Waals surface area contributed by atoms with Crippen molar-refractivity contribution in [2.45, 2.75) is 0 Å². The Morgan fingerprint density at radius 1 is 0.206 bits per heavy atom. The van der Waals surface area contributed by atoms with Crippen LogP contribution in [0.15, 0.2) is 261 Å². The molecule has 0 aromatic heterocycles. The van der Waals surface area contributed by atoms with E-state index in [1.165, 1.54) is 77.2 Å². The summed E-state index contributed by atoms with van der Waals surface area (Å²) in [5.74, 6) is 0. The van der Waals surface area contributed by atoms with Gasteiger partial charge in [-0.1, -0.05) is 224 Å². The maximum Gasteiger partial charge on any atom is 0.0540 e. The Hall–Kier alpha value is -8.26. The van der Waals surface area contributed by atoms with Crippen LogP contribution < -0.4 is 4.90 Å². The van der Waals surface area contributed by atoms with Crippen molar-refractivity contribution in [3.05, 3.63) is 261 Å². The second-order valence-corrected chi connectivity index (χ2v) is 16.0. The van der Waals surface area contributed by atoms with Gasteiger partial charge in [0, 0.05) is 16.9 Å². The summed E-state index contributed by atoms with van der Waals surface area (Å²) < 4.78 is 0. The molecule has 0 amide bonds. The lowest BCUT2D eigenvalue weighted by molar-refractivity contribution is 1.28. The first kappa shape index (κ1) is 37.7. The molecular formula is C62H43N. The van der Waals surface area contributed by atoms with Crippen molar-refractivity contribution in [2.24, 2.45) is 0 Å². The molecule has 0 aliphatic heterocycles. The molecule has 0 aliphatic rings. The van der Waals surface area contributed by atoms with Gasteiger partial charge >= 0.3 is 0 Å². The monoisotopic (exact) mass is 801 g/mol. The minimum absolute atomic E-state index is 1.08. The van der Waals surface area contributed by atoms with Gasteiger partial charge in [-0.2, -0.15) is 0 Å². The molecule has 11 aromatic rings. The Kier molecular flexibility index (Phi) is 9.97. The van der Waals surface area contributed by atoms with E-state index >= 15 is 0 Å². The third-order valence-corrected chi connectivity index (χ3v) is 12.3. The molecule has 1 nitrogen and oxygen atoms in total. The molecule has 0 saturated heterocycles. The first-order valence-corrected chi connectivity index (χ1v) is 21.7. The number of nitrogens with zero attached hydrogens (tertiary/aromatic N) is 1. The molecule has 0 saturated carbocycles. The molecule has 0 bridgehead atoms.